The van der Waals surface area contributed by atoms with E-state index in [1.807, 2.05) is 37.5 Å². The van der Waals surface area contributed by atoms with Gasteiger partial charge in [-0.3, -0.25) is 19.2 Å². The van der Waals surface area contributed by atoms with E-state index in [9.17, 15) is 9.59 Å². The van der Waals surface area contributed by atoms with E-state index in [2.05, 4.69) is 21.4 Å². The quantitative estimate of drug-likeness (QED) is 0.777. The summed E-state index contributed by atoms with van der Waals surface area (Å²) < 4.78 is 1.74. The lowest BCUT2D eigenvalue weighted by atomic mass is 9.96. The number of hydrogen-bond acceptors (Lipinski definition) is 4. The van der Waals surface area contributed by atoms with Gasteiger partial charge in [-0.15, -0.1) is 0 Å². The summed E-state index contributed by atoms with van der Waals surface area (Å²) in [4.78, 5) is 25.8. The molecule has 0 radical (unpaired) electrons. The summed E-state index contributed by atoms with van der Waals surface area (Å²) in [5.41, 5.74) is 8.27. The zero-order chi connectivity index (χ0) is 19.2. The van der Waals surface area contributed by atoms with Crippen LogP contribution in [0, 0.1) is 5.92 Å². The van der Waals surface area contributed by atoms with E-state index in [4.69, 9.17) is 5.73 Å². The summed E-state index contributed by atoms with van der Waals surface area (Å²) in [6.07, 6.45) is 4.55. The highest BCUT2D eigenvalue weighted by Crippen LogP contribution is 2.20. The number of nitrogens with one attached hydrogen (secondary N) is 1. The SMILES string of the molecule is Cn1ccc(CCC(=O)Nc2cccc(CN3CCC(C(N)=O)CC3)c2)n1. The van der Waals surface area contributed by atoms with Gasteiger partial charge in [-0.05, 0) is 49.7 Å². The number of hydrogen-bond donors (Lipinski definition) is 2. The molecule has 0 aliphatic carbocycles. The topological polar surface area (TPSA) is 93.3 Å². The van der Waals surface area contributed by atoms with Crippen molar-refractivity contribution in [3.8, 4) is 0 Å². The minimum Gasteiger partial charge on any atom is -0.369 e. The van der Waals surface area contributed by atoms with Crippen LogP contribution >= 0.6 is 0 Å². The van der Waals surface area contributed by atoms with Crippen molar-refractivity contribution in [1.82, 2.24) is 14.7 Å². The van der Waals surface area contributed by atoms with Gasteiger partial charge in [0.15, 0.2) is 0 Å². The Kier molecular flexibility index (Phi) is 6.24. The Balaban J connectivity index is 1.48. The maximum absolute atomic E-state index is 12.2. The normalized spacial score (nSPS) is 15.6. The molecule has 7 heteroatoms. The second kappa shape index (κ2) is 8.81. The molecule has 144 valence electrons. The molecule has 3 N–H and O–H groups in total. The Morgan fingerprint density at radius 3 is 2.70 bits per heavy atom. The van der Waals surface area contributed by atoms with Crippen LogP contribution in [0.5, 0.6) is 0 Å². The Hall–Kier alpha value is -2.67. The minimum absolute atomic E-state index is 0.00553. The second-order valence-electron chi connectivity index (χ2n) is 7.18. The molecule has 0 saturated carbocycles. The summed E-state index contributed by atoms with van der Waals surface area (Å²) in [7, 11) is 1.87. The third-order valence-corrected chi connectivity index (χ3v) is 4.98. The Bertz CT molecular complexity index is 793. The molecule has 3 rings (SSSR count). The molecule has 1 aliphatic heterocycles. The van der Waals surface area contributed by atoms with Crippen LogP contribution in [0.15, 0.2) is 36.5 Å². The Labute approximate surface area is 159 Å². The second-order valence-corrected chi connectivity index (χ2v) is 7.18. The summed E-state index contributed by atoms with van der Waals surface area (Å²) in [5, 5.41) is 7.25. The van der Waals surface area contributed by atoms with Crippen molar-refractivity contribution < 1.29 is 9.59 Å². The number of primary amides is 1. The molecule has 1 fully saturated rings. The summed E-state index contributed by atoms with van der Waals surface area (Å²) >= 11 is 0. The average Bonchev–Trinajstić information content (AvgIpc) is 3.06. The van der Waals surface area contributed by atoms with E-state index < -0.39 is 0 Å². The van der Waals surface area contributed by atoms with E-state index in [-0.39, 0.29) is 17.7 Å². The maximum Gasteiger partial charge on any atom is 0.224 e. The molecule has 1 aliphatic rings. The summed E-state index contributed by atoms with van der Waals surface area (Å²) in [6.45, 7) is 2.55. The highest BCUT2D eigenvalue weighted by Gasteiger charge is 2.22. The highest BCUT2D eigenvalue weighted by molar-refractivity contribution is 5.90. The number of benzene rings is 1. The molecule has 2 aromatic rings. The first-order valence-electron chi connectivity index (χ1n) is 9.38. The largest absolute Gasteiger partial charge is 0.369 e. The Morgan fingerprint density at radius 2 is 2.04 bits per heavy atom. The number of anilines is 1. The van der Waals surface area contributed by atoms with E-state index in [1.54, 1.807) is 4.68 Å². The number of carbonyl (C=O) groups is 2. The molecular formula is C20H27N5O2. The lowest BCUT2D eigenvalue weighted by Gasteiger charge is -2.30. The van der Waals surface area contributed by atoms with Gasteiger partial charge in [0.25, 0.3) is 0 Å². The zero-order valence-electron chi connectivity index (χ0n) is 15.7. The zero-order valence-corrected chi connectivity index (χ0v) is 15.7. The lowest BCUT2D eigenvalue weighted by molar-refractivity contribution is -0.123. The molecular weight excluding hydrogens is 342 g/mol. The monoisotopic (exact) mass is 369 g/mol. The number of amides is 2. The number of nitrogens with two attached hydrogens (primary N) is 1. The number of likely N-dealkylation sites (tertiary alicyclic amines) is 1. The first-order chi connectivity index (χ1) is 13.0. The standard InChI is InChI=1S/C20H27N5O2/c1-24-10-9-17(23-24)5-6-19(26)22-18-4-2-3-15(13-18)14-25-11-7-16(8-12-25)20(21)27/h2-4,9-10,13,16H,5-8,11-12,14H2,1H3,(H2,21,27)(H,22,26). The molecule has 0 bridgehead atoms. The van der Waals surface area contributed by atoms with Crippen LogP contribution in [-0.4, -0.2) is 39.6 Å². The van der Waals surface area contributed by atoms with Gasteiger partial charge in [-0.25, -0.2) is 0 Å². The number of piperidine rings is 1. The molecule has 0 spiro atoms. The maximum atomic E-state index is 12.2. The van der Waals surface area contributed by atoms with Gasteiger partial charge in [0.2, 0.25) is 11.8 Å². The molecule has 2 amide bonds. The predicted octanol–water partition coefficient (Wildman–Crippen LogP) is 1.69. The third-order valence-electron chi connectivity index (χ3n) is 4.98. The molecule has 1 aromatic heterocycles. The van der Waals surface area contributed by atoms with Crippen molar-refractivity contribution in [2.45, 2.75) is 32.2 Å². The van der Waals surface area contributed by atoms with Gasteiger partial charge in [0, 0.05) is 44.2 Å². The smallest absolute Gasteiger partial charge is 0.224 e. The summed E-state index contributed by atoms with van der Waals surface area (Å²) in [5.74, 6) is -0.198. The average molecular weight is 369 g/mol. The van der Waals surface area contributed by atoms with Crippen molar-refractivity contribution in [2.24, 2.45) is 18.7 Å². The van der Waals surface area contributed by atoms with Gasteiger partial charge in [-0.2, -0.15) is 5.10 Å². The van der Waals surface area contributed by atoms with Crippen LogP contribution in [0.2, 0.25) is 0 Å². The number of rotatable bonds is 7. The number of nitrogens with zero attached hydrogens (tertiary/aromatic N) is 3. The van der Waals surface area contributed by atoms with Gasteiger partial charge in [-0.1, -0.05) is 12.1 Å². The highest BCUT2D eigenvalue weighted by atomic mass is 16.2. The molecule has 7 nitrogen and oxygen atoms in total. The van der Waals surface area contributed by atoms with Crippen LogP contribution in [-0.2, 0) is 29.6 Å². The van der Waals surface area contributed by atoms with Crippen LogP contribution < -0.4 is 11.1 Å². The first-order valence-corrected chi connectivity index (χ1v) is 9.38. The fourth-order valence-corrected chi connectivity index (χ4v) is 3.44. The van der Waals surface area contributed by atoms with Crippen molar-refractivity contribution in [1.29, 1.82) is 0 Å². The molecule has 27 heavy (non-hydrogen) atoms. The predicted molar refractivity (Wildman–Crippen MR) is 104 cm³/mol. The van der Waals surface area contributed by atoms with Crippen molar-refractivity contribution >= 4 is 17.5 Å². The molecule has 0 atom stereocenters. The Morgan fingerprint density at radius 1 is 1.26 bits per heavy atom. The number of aryl methyl sites for hydroxylation is 2. The fourth-order valence-electron chi connectivity index (χ4n) is 3.44. The van der Waals surface area contributed by atoms with E-state index in [0.717, 1.165) is 49.4 Å². The van der Waals surface area contributed by atoms with Crippen LogP contribution in [0.1, 0.15) is 30.5 Å². The van der Waals surface area contributed by atoms with Crippen LogP contribution in [0.25, 0.3) is 0 Å². The van der Waals surface area contributed by atoms with E-state index in [0.29, 0.717) is 12.8 Å². The van der Waals surface area contributed by atoms with Gasteiger partial charge >= 0.3 is 0 Å². The lowest BCUT2D eigenvalue weighted by Crippen LogP contribution is -2.38. The van der Waals surface area contributed by atoms with Gasteiger partial charge in [0.05, 0.1) is 5.69 Å². The molecule has 1 aromatic carbocycles. The number of carbonyl (C=O) groups excluding carboxylic acids is 2. The summed E-state index contributed by atoms with van der Waals surface area (Å²) in [6, 6.07) is 9.86. The van der Waals surface area contributed by atoms with Crippen LogP contribution in [0.3, 0.4) is 0 Å². The van der Waals surface area contributed by atoms with Gasteiger partial charge in [0.1, 0.15) is 0 Å². The minimum atomic E-state index is -0.190. The molecule has 0 unspecified atom stereocenters. The fraction of sp³-hybridized carbons (Fsp3) is 0.450. The van der Waals surface area contributed by atoms with Crippen molar-refractivity contribution in [3.05, 3.63) is 47.8 Å². The van der Waals surface area contributed by atoms with Crippen molar-refractivity contribution in [2.75, 3.05) is 18.4 Å². The molecule has 2 heterocycles. The van der Waals surface area contributed by atoms with Gasteiger partial charge < -0.3 is 11.1 Å². The third kappa shape index (κ3) is 5.65. The first kappa shape index (κ1) is 19.1. The van der Waals surface area contributed by atoms with E-state index >= 15 is 0 Å². The van der Waals surface area contributed by atoms with Crippen LogP contribution in [0.4, 0.5) is 5.69 Å². The van der Waals surface area contributed by atoms with E-state index in [1.165, 1.54) is 0 Å². The van der Waals surface area contributed by atoms with Crippen molar-refractivity contribution in [3.63, 3.8) is 0 Å². The number of aromatic nitrogens is 2. The molecule has 1 saturated heterocycles.